The fourth-order valence-electron chi connectivity index (χ4n) is 2.73. The summed E-state index contributed by atoms with van der Waals surface area (Å²) < 4.78 is 10.7. The molecule has 0 spiro atoms. The zero-order valence-corrected chi connectivity index (χ0v) is 13.5. The van der Waals surface area contributed by atoms with Crippen molar-refractivity contribution in [1.29, 1.82) is 0 Å². The molecule has 0 saturated carbocycles. The molecule has 2 aromatic rings. The van der Waals surface area contributed by atoms with Crippen LogP contribution in [0.5, 0.6) is 5.75 Å². The molecule has 5 unspecified atom stereocenters. The molecule has 10 heteroatoms. The van der Waals surface area contributed by atoms with Crippen LogP contribution in [0.2, 0.25) is 0 Å². The Bertz CT molecular complexity index is 709. The molecular formula is C15H20N4O6. The fraction of sp³-hybridized carbons (Fsp3) is 0.533. The van der Waals surface area contributed by atoms with E-state index in [0.717, 1.165) is 10.4 Å². The van der Waals surface area contributed by atoms with Crippen molar-refractivity contribution >= 4 is 0 Å². The van der Waals surface area contributed by atoms with Gasteiger partial charge in [0, 0.05) is 12.0 Å². The van der Waals surface area contributed by atoms with Gasteiger partial charge in [-0.3, -0.25) is 0 Å². The molecule has 3 rings (SSSR count). The minimum Gasteiger partial charge on any atom is -0.496 e. The van der Waals surface area contributed by atoms with Gasteiger partial charge in [0.1, 0.15) is 30.2 Å². The van der Waals surface area contributed by atoms with Crippen LogP contribution in [0.4, 0.5) is 0 Å². The molecule has 1 aromatic heterocycles. The molecule has 0 amide bonds. The lowest BCUT2D eigenvalue weighted by atomic mass is 9.99. The molecule has 136 valence electrons. The number of hydrogen-bond donors (Lipinski definition) is 4. The standard InChI is InChI=1S/C15H20N4O6/c1-24-9-5-3-2-4-8(9)6-11-16-18-19(17-11)15-14(23)13(22)12(21)10(7-20)25-15/h2-5,10,12-15,20-23H,6-7H2,1H3. The van der Waals surface area contributed by atoms with Gasteiger partial charge in [-0.1, -0.05) is 18.2 Å². The summed E-state index contributed by atoms with van der Waals surface area (Å²) in [4.78, 5) is 1.02. The molecule has 10 nitrogen and oxygen atoms in total. The molecule has 0 aliphatic carbocycles. The van der Waals surface area contributed by atoms with Crippen LogP contribution in [0.25, 0.3) is 0 Å². The number of tetrazole rings is 1. The van der Waals surface area contributed by atoms with Crippen LogP contribution in [0.3, 0.4) is 0 Å². The Hall–Kier alpha value is -2.11. The molecule has 1 saturated heterocycles. The third kappa shape index (κ3) is 3.48. The third-order valence-electron chi connectivity index (χ3n) is 4.11. The molecule has 25 heavy (non-hydrogen) atoms. The van der Waals surface area contributed by atoms with Gasteiger partial charge < -0.3 is 29.9 Å². The van der Waals surface area contributed by atoms with E-state index in [4.69, 9.17) is 9.47 Å². The summed E-state index contributed by atoms with van der Waals surface area (Å²) in [7, 11) is 1.57. The summed E-state index contributed by atoms with van der Waals surface area (Å²) in [6.07, 6.45) is -6.26. The van der Waals surface area contributed by atoms with Crippen LogP contribution in [0.15, 0.2) is 24.3 Å². The largest absolute Gasteiger partial charge is 0.496 e. The first kappa shape index (κ1) is 17.7. The Kier molecular flexibility index (Phi) is 5.25. The monoisotopic (exact) mass is 352 g/mol. The maximum atomic E-state index is 10.1. The van der Waals surface area contributed by atoms with Crippen molar-refractivity contribution in [2.75, 3.05) is 13.7 Å². The van der Waals surface area contributed by atoms with Crippen molar-refractivity contribution in [2.45, 2.75) is 37.1 Å². The van der Waals surface area contributed by atoms with Crippen LogP contribution >= 0.6 is 0 Å². The highest BCUT2D eigenvalue weighted by Gasteiger charge is 2.45. The fourth-order valence-corrected chi connectivity index (χ4v) is 2.73. The number of ether oxygens (including phenoxy) is 2. The number of nitrogens with zero attached hydrogens (tertiary/aromatic N) is 4. The van der Waals surface area contributed by atoms with E-state index >= 15 is 0 Å². The van der Waals surface area contributed by atoms with Gasteiger partial charge in [-0.2, -0.15) is 0 Å². The van der Waals surface area contributed by atoms with E-state index in [1.807, 2.05) is 24.3 Å². The Labute approximate surface area is 143 Å². The summed E-state index contributed by atoms with van der Waals surface area (Å²) in [5, 5.41) is 50.9. The number of aliphatic hydroxyl groups excluding tert-OH is 4. The second-order valence-corrected chi connectivity index (χ2v) is 5.73. The molecule has 4 N–H and O–H groups in total. The number of benzene rings is 1. The van der Waals surface area contributed by atoms with Crippen molar-refractivity contribution in [3.8, 4) is 5.75 Å². The van der Waals surface area contributed by atoms with E-state index in [1.54, 1.807) is 7.11 Å². The lowest BCUT2D eigenvalue weighted by molar-refractivity contribution is -0.257. The van der Waals surface area contributed by atoms with Crippen LogP contribution in [0, 0.1) is 0 Å². The normalized spacial score (nSPS) is 29.6. The number of hydrogen-bond acceptors (Lipinski definition) is 9. The number of aromatic nitrogens is 4. The van der Waals surface area contributed by atoms with Gasteiger partial charge in [0.05, 0.1) is 13.7 Å². The summed E-state index contributed by atoms with van der Waals surface area (Å²) in [6, 6.07) is 7.39. The topological polar surface area (TPSA) is 143 Å². The van der Waals surface area contributed by atoms with Crippen molar-refractivity contribution in [2.24, 2.45) is 0 Å². The van der Waals surface area contributed by atoms with E-state index < -0.39 is 37.3 Å². The maximum absolute atomic E-state index is 10.1. The van der Waals surface area contributed by atoms with E-state index in [-0.39, 0.29) is 0 Å². The Morgan fingerprint density at radius 3 is 2.64 bits per heavy atom. The average molecular weight is 352 g/mol. The molecule has 1 fully saturated rings. The predicted octanol–water partition coefficient (Wildman–Crippen LogP) is -1.76. The van der Waals surface area contributed by atoms with Crippen molar-refractivity contribution < 1.29 is 29.9 Å². The average Bonchev–Trinajstić information content (AvgIpc) is 3.09. The first-order valence-electron chi connectivity index (χ1n) is 7.76. The van der Waals surface area contributed by atoms with E-state index in [2.05, 4.69) is 15.4 Å². The third-order valence-corrected chi connectivity index (χ3v) is 4.11. The minimum absolute atomic E-state index is 0.349. The summed E-state index contributed by atoms with van der Waals surface area (Å²) in [5.74, 6) is 1.05. The minimum atomic E-state index is -1.50. The van der Waals surface area contributed by atoms with E-state index in [9.17, 15) is 20.4 Å². The highest BCUT2D eigenvalue weighted by molar-refractivity contribution is 5.34. The number of para-hydroxylation sites is 1. The first-order valence-corrected chi connectivity index (χ1v) is 7.76. The Balaban J connectivity index is 1.78. The van der Waals surface area contributed by atoms with Crippen LogP contribution in [-0.4, -0.2) is 78.8 Å². The molecule has 2 heterocycles. The van der Waals surface area contributed by atoms with Gasteiger partial charge >= 0.3 is 0 Å². The Morgan fingerprint density at radius 2 is 1.92 bits per heavy atom. The van der Waals surface area contributed by atoms with Crippen LogP contribution < -0.4 is 4.74 Å². The predicted molar refractivity (Wildman–Crippen MR) is 82.6 cm³/mol. The number of rotatable bonds is 5. The van der Waals surface area contributed by atoms with E-state index in [1.165, 1.54) is 0 Å². The second-order valence-electron chi connectivity index (χ2n) is 5.73. The molecule has 0 radical (unpaired) electrons. The highest BCUT2D eigenvalue weighted by atomic mass is 16.6. The summed E-state index contributed by atoms with van der Waals surface area (Å²) >= 11 is 0. The van der Waals surface area contributed by atoms with Crippen LogP contribution in [0.1, 0.15) is 17.6 Å². The smallest absolute Gasteiger partial charge is 0.199 e. The lowest BCUT2D eigenvalue weighted by Crippen LogP contribution is -2.56. The maximum Gasteiger partial charge on any atom is 0.199 e. The molecule has 0 bridgehead atoms. The number of aliphatic hydroxyl groups is 4. The zero-order valence-electron chi connectivity index (χ0n) is 13.5. The van der Waals surface area contributed by atoms with Gasteiger partial charge in [-0.05, 0) is 11.3 Å². The van der Waals surface area contributed by atoms with Gasteiger partial charge in [-0.15, -0.1) is 15.0 Å². The quantitative estimate of drug-likeness (QED) is 0.492. The van der Waals surface area contributed by atoms with Crippen molar-refractivity contribution in [3.63, 3.8) is 0 Å². The van der Waals surface area contributed by atoms with E-state index in [0.29, 0.717) is 18.0 Å². The molecular weight excluding hydrogens is 332 g/mol. The molecule has 1 aliphatic rings. The SMILES string of the molecule is COc1ccccc1Cc1nnn(C2OC(CO)C(O)C(O)C2O)n1. The summed E-state index contributed by atoms with van der Waals surface area (Å²) in [5.41, 5.74) is 0.860. The first-order chi connectivity index (χ1) is 12.0. The van der Waals surface area contributed by atoms with Crippen LogP contribution in [-0.2, 0) is 11.2 Å². The Morgan fingerprint density at radius 1 is 1.16 bits per heavy atom. The molecule has 1 aromatic carbocycles. The van der Waals surface area contributed by atoms with Gasteiger partial charge in [0.2, 0.25) is 0 Å². The highest BCUT2D eigenvalue weighted by Crippen LogP contribution is 2.27. The number of methoxy groups -OCH3 is 1. The molecule has 1 aliphatic heterocycles. The van der Waals surface area contributed by atoms with Crippen molar-refractivity contribution in [1.82, 2.24) is 20.2 Å². The summed E-state index contributed by atoms with van der Waals surface area (Å²) in [6.45, 7) is -0.524. The van der Waals surface area contributed by atoms with Crippen molar-refractivity contribution in [3.05, 3.63) is 35.7 Å². The second kappa shape index (κ2) is 7.42. The molecule has 5 atom stereocenters. The van der Waals surface area contributed by atoms with Gasteiger partial charge in [0.25, 0.3) is 0 Å². The van der Waals surface area contributed by atoms with Gasteiger partial charge in [0.15, 0.2) is 12.1 Å². The van der Waals surface area contributed by atoms with Gasteiger partial charge in [-0.25, -0.2) is 0 Å². The lowest BCUT2D eigenvalue weighted by Gasteiger charge is -2.38. The zero-order chi connectivity index (χ0) is 18.0.